The Morgan fingerprint density at radius 1 is 1.12 bits per heavy atom. The van der Waals surface area contributed by atoms with Crippen molar-refractivity contribution in [2.24, 2.45) is 0 Å². The summed E-state index contributed by atoms with van der Waals surface area (Å²) in [5.41, 5.74) is 0.998. The summed E-state index contributed by atoms with van der Waals surface area (Å²) in [5.74, 6) is -0.148. The average molecular weight is 359 g/mol. The van der Waals surface area contributed by atoms with Gasteiger partial charge >= 0.3 is 0 Å². The fraction of sp³-hybridized carbons (Fsp3) is 0.526. The lowest BCUT2D eigenvalue weighted by Crippen LogP contribution is -2.33. The van der Waals surface area contributed by atoms with Crippen molar-refractivity contribution >= 4 is 17.3 Å². The molecule has 7 heteroatoms. The Labute approximate surface area is 155 Å². The fourth-order valence-electron chi connectivity index (χ4n) is 2.83. The summed E-state index contributed by atoms with van der Waals surface area (Å²) in [7, 11) is 3.90. The smallest absolute Gasteiger partial charge is 0.287 e. The molecular formula is C19H29N5O2. The van der Waals surface area contributed by atoms with Gasteiger partial charge in [-0.3, -0.25) is 14.0 Å². The molecule has 0 atom stereocenters. The molecule has 7 nitrogen and oxygen atoms in total. The second-order valence-electron chi connectivity index (χ2n) is 6.59. The summed E-state index contributed by atoms with van der Waals surface area (Å²) in [6.45, 7) is 6.72. The summed E-state index contributed by atoms with van der Waals surface area (Å²) in [5, 5.41) is 2.87. The Morgan fingerprint density at radius 3 is 2.42 bits per heavy atom. The van der Waals surface area contributed by atoms with Gasteiger partial charge < -0.3 is 15.1 Å². The first-order valence-corrected chi connectivity index (χ1v) is 9.18. The minimum Gasteiger partial charge on any atom is -0.348 e. The van der Waals surface area contributed by atoms with Crippen molar-refractivity contribution in [3.8, 4) is 0 Å². The van der Waals surface area contributed by atoms with Crippen molar-refractivity contribution in [1.82, 2.24) is 24.5 Å². The second-order valence-corrected chi connectivity index (χ2v) is 6.59. The third-order valence-electron chi connectivity index (χ3n) is 4.07. The first kappa shape index (κ1) is 19.9. The molecule has 0 aliphatic heterocycles. The minimum atomic E-state index is -0.273. The number of hydrogen-bond acceptors (Lipinski definition) is 4. The molecule has 2 heterocycles. The maximum atomic E-state index is 13.0. The van der Waals surface area contributed by atoms with Crippen LogP contribution in [0.5, 0.6) is 0 Å². The van der Waals surface area contributed by atoms with E-state index in [2.05, 4.69) is 10.3 Å². The van der Waals surface area contributed by atoms with Crippen LogP contribution in [0.25, 0.3) is 5.52 Å². The lowest BCUT2D eigenvalue weighted by molar-refractivity contribution is 0.0752. The van der Waals surface area contributed by atoms with Crippen molar-refractivity contribution in [3.63, 3.8) is 0 Å². The Bertz CT molecular complexity index is 747. The molecule has 26 heavy (non-hydrogen) atoms. The monoisotopic (exact) mass is 359 g/mol. The van der Waals surface area contributed by atoms with Crippen molar-refractivity contribution in [3.05, 3.63) is 35.9 Å². The highest BCUT2D eigenvalue weighted by molar-refractivity contribution is 6.02. The van der Waals surface area contributed by atoms with Crippen LogP contribution in [0.1, 0.15) is 47.8 Å². The van der Waals surface area contributed by atoms with E-state index in [1.54, 1.807) is 10.6 Å². The van der Waals surface area contributed by atoms with E-state index in [1.165, 1.54) is 0 Å². The number of pyridine rings is 1. The van der Waals surface area contributed by atoms with Gasteiger partial charge in [-0.2, -0.15) is 0 Å². The van der Waals surface area contributed by atoms with E-state index in [0.717, 1.165) is 19.4 Å². The molecule has 0 aliphatic carbocycles. The molecule has 1 N–H and O–H groups in total. The predicted octanol–water partition coefficient (Wildman–Crippen LogP) is 1.89. The highest BCUT2D eigenvalue weighted by Crippen LogP contribution is 2.16. The quantitative estimate of drug-likeness (QED) is 0.742. The number of hydrogen-bond donors (Lipinski definition) is 1. The van der Waals surface area contributed by atoms with Gasteiger partial charge in [-0.25, -0.2) is 4.98 Å². The molecule has 2 aromatic rings. The number of nitrogens with one attached hydrogen (secondary N) is 1. The lowest BCUT2D eigenvalue weighted by Gasteiger charge is -2.20. The number of carbonyl (C=O) groups excluding carboxylic acids is 2. The van der Waals surface area contributed by atoms with Gasteiger partial charge in [0, 0.05) is 32.4 Å². The highest BCUT2D eigenvalue weighted by Gasteiger charge is 2.24. The first-order valence-electron chi connectivity index (χ1n) is 9.18. The zero-order valence-corrected chi connectivity index (χ0v) is 16.2. The summed E-state index contributed by atoms with van der Waals surface area (Å²) in [6.07, 6.45) is 3.54. The Kier molecular flexibility index (Phi) is 7.15. The molecule has 0 saturated carbocycles. The minimum absolute atomic E-state index is 0.121. The van der Waals surface area contributed by atoms with Crippen molar-refractivity contribution in [1.29, 1.82) is 0 Å². The van der Waals surface area contributed by atoms with E-state index in [0.29, 0.717) is 30.8 Å². The molecule has 2 amide bonds. The summed E-state index contributed by atoms with van der Waals surface area (Å²) >= 11 is 0. The SMILES string of the molecule is CCCN(CCC)C(=O)c1nc(C(=O)NCCN(C)C)n2ccccc12. The average Bonchev–Trinajstić information content (AvgIpc) is 3.00. The molecule has 0 radical (unpaired) electrons. The van der Waals surface area contributed by atoms with Crippen LogP contribution in [-0.4, -0.2) is 71.3 Å². The lowest BCUT2D eigenvalue weighted by atomic mass is 10.2. The highest BCUT2D eigenvalue weighted by atomic mass is 16.2. The predicted molar refractivity (Wildman–Crippen MR) is 103 cm³/mol. The number of likely N-dealkylation sites (N-methyl/N-ethyl adjacent to an activating group) is 1. The first-order chi connectivity index (χ1) is 12.5. The van der Waals surface area contributed by atoms with E-state index < -0.39 is 0 Å². The molecule has 0 unspecified atom stereocenters. The molecule has 0 spiro atoms. The number of imidazole rings is 1. The Balaban J connectivity index is 2.33. The van der Waals surface area contributed by atoms with Crippen LogP contribution in [0, 0.1) is 0 Å². The number of fused-ring (bicyclic) bond motifs is 1. The van der Waals surface area contributed by atoms with E-state index >= 15 is 0 Å². The van der Waals surface area contributed by atoms with E-state index in [1.807, 2.05) is 55.9 Å². The van der Waals surface area contributed by atoms with Gasteiger partial charge in [-0.1, -0.05) is 19.9 Å². The molecule has 0 aliphatic rings. The second kappa shape index (κ2) is 9.33. The molecule has 0 fully saturated rings. The van der Waals surface area contributed by atoms with Crippen LogP contribution in [-0.2, 0) is 0 Å². The molecule has 2 rings (SSSR count). The normalized spacial score (nSPS) is 11.1. The Morgan fingerprint density at radius 2 is 1.81 bits per heavy atom. The summed E-state index contributed by atoms with van der Waals surface area (Å²) < 4.78 is 1.69. The molecular weight excluding hydrogens is 330 g/mol. The summed E-state index contributed by atoms with van der Waals surface area (Å²) in [4.78, 5) is 33.8. The third-order valence-corrected chi connectivity index (χ3v) is 4.07. The number of aromatic nitrogens is 2. The number of nitrogens with zero attached hydrogens (tertiary/aromatic N) is 4. The third kappa shape index (κ3) is 4.60. The standard InChI is InChI=1S/C19H29N5O2/c1-5-11-23(12-6-2)19(26)16-15-9-7-8-13-24(15)17(21-16)18(25)20-10-14-22(3)4/h7-9,13H,5-6,10-12,14H2,1-4H3,(H,20,25). The fourth-order valence-corrected chi connectivity index (χ4v) is 2.83. The number of amides is 2. The maximum Gasteiger partial charge on any atom is 0.287 e. The van der Waals surface area contributed by atoms with Gasteiger partial charge in [-0.15, -0.1) is 0 Å². The zero-order chi connectivity index (χ0) is 19.1. The van der Waals surface area contributed by atoms with Gasteiger partial charge in [0.25, 0.3) is 11.8 Å². The number of carbonyl (C=O) groups is 2. The van der Waals surface area contributed by atoms with Crippen LogP contribution >= 0.6 is 0 Å². The van der Waals surface area contributed by atoms with Gasteiger partial charge in [-0.05, 0) is 39.1 Å². The molecule has 2 aromatic heterocycles. The van der Waals surface area contributed by atoms with Crippen molar-refractivity contribution < 1.29 is 9.59 Å². The van der Waals surface area contributed by atoms with Crippen LogP contribution in [0.3, 0.4) is 0 Å². The zero-order valence-electron chi connectivity index (χ0n) is 16.2. The van der Waals surface area contributed by atoms with E-state index in [9.17, 15) is 9.59 Å². The van der Waals surface area contributed by atoms with E-state index in [-0.39, 0.29) is 17.6 Å². The number of rotatable bonds is 9. The molecule has 0 saturated heterocycles. The van der Waals surface area contributed by atoms with Crippen LogP contribution in [0.4, 0.5) is 0 Å². The van der Waals surface area contributed by atoms with Crippen molar-refractivity contribution in [2.45, 2.75) is 26.7 Å². The van der Waals surface area contributed by atoms with Crippen LogP contribution < -0.4 is 5.32 Å². The van der Waals surface area contributed by atoms with Gasteiger partial charge in [0.15, 0.2) is 5.69 Å². The maximum absolute atomic E-state index is 13.0. The summed E-state index contributed by atoms with van der Waals surface area (Å²) in [6, 6.07) is 5.51. The van der Waals surface area contributed by atoms with Gasteiger partial charge in [0.1, 0.15) is 0 Å². The topological polar surface area (TPSA) is 70.0 Å². The van der Waals surface area contributed by atoms with Crippen molar-refractivity contribution in [2.75, 3.05) is 40.3 Å². The van der Waals surface area contributed by atoms with Gasteiger partial charge in [0.05, 0.1) is 5.52 Å². The largest absolute Gasteiger partial charge is 0.348 e. The van der Waals surface area contributed by atoms with Crippen LogP contribution in [0.2, 0.25) is 0 Å². The molecule has 0 bridgehead atoms. The van der Waals surface area contributed by atoms with Gasteiger partial charge in [0.2, 0.25) is 5.82 Å². The van der Waals surface area contributed by atoms with E-state index in [4.69, 9.17) is 0 Å². The molecule has 0 aromatic carbocycles. The molecule has 142 valence electrons. The van der Waals surface area contributed by atoms with Crippen LogP contribution in [0.15, 0.2) is 24.4 Å². The Hall–Kier alpha value is -2.41.